The Hall–Kier alpha value is -1.36. The van der Waals surface area contributed by atoms with Crippen molar-refractivity contribution >= 4 is 23.3 Å². The van der Waals surface area contributed by atoms with Crippen LogP contribution in [-0.2, 0) is 0 Å². The van der Waals surface area contributed by atoms with Crippen LogP contribution in [0.1, 0.15) is 42.5 Å². The number of anilines is 1. The predicted octanol–water partition coefficient (Wildman–Crippen LogP) is 2.22. The average molecular weight is 269 g/mol. The molecule has 1 fully saturated rings. The molecule has 0 spiro atoms. The molecule has 0 bridgehead atoms. The van der Waals surface area contributed by atoms with Crippen molar-refractivity contribution in [1.82, 2.24) is 9.97 Å². The van der Waals surface area contributed by atoms with Crippen molar-refractivity contribution in [3.8, 4) is 0 Å². The Morgan fingerprint density at radius 1 is 1.44 bits per heavy atom. The molecule has 0 atom stereocenters. The topological polar surface area (TPSA) is 80.9 Å². The molecule has 1 aliphatic rings. The number of carbonyl (C=O) groups is 1. The summed E-state index contributed by atoms with van der Waals surface area (Å²) in [5.41, 5.74) is 5.56. The molecule has 1 aromatic rings. The third-order valence-electron chi connectivity index (χ3n) is 3.31. The van der Waals surface area contributed by atoms with Crippen molar-refractivity contribution in [3.63, 3.8) is 0 Å². The summed E-state index contributed by atoms with van der Waals surface area (Å²) in [6, 6.07) is 0. The quantitative estimate of drug-likeness (QED) is 0.821. The van der Waals surface area contributed by atoms with Crippen molar-refractivity contribution in [1.29, 1.82) is 0 Å². The van der Waals surface area contributed by atoms with Crippen LogP contribution in [0.2, 0.25) is 5.28 Å². The van der Waals surface area contributed by atoms with Crippen molar-refractivity contribution in [2.45, 2.75) is 32.1 Å². The van der Waals surface area contributed by atoms with Crippen molar-refractivity contribution < 1.29 is 4.79 Å². The van der Waals surface area contributed by atoms with Gasteiger partial charge in [0.2, 0.25) is 5.28 Å². The summed E-state index contributed by atoms with van der Waals surface area (Å²) in [6.45, 7) is 0.799. The number of hydrogen-bond acceptors (Lipinski definition) is 4. The van der Waals surface area contributed by atoms with Gasteiger partial charge in [0.1, 0.15) is 5.82 Å². The molecule has 5 nitrogen and oxygen atoms in total. The van der Waals surface area contributed by atoms with Gasteiger partial charge >= 0.3 is 0 Å². The second-order valence-electron chi connectivity index (χ2n) is 4.65. The summed E-state index contributed by atoms with van der Waals surface area (Å²) in [5.74, 6) is 0.527. The molecule has 0 unspecified atom stereocenters. The van der Waals surface area contributed by atoms with Crippen molar-refractivity contribution in [2.24, 2.45) is 11.7 Å². The van der Waals surface area contributed by atoms with Gasteiger partial charge in [0, 0.05) is 12.7 Å². The number of aromatic nitrogens is 2. The SMILES string of the molecule is NC(=O)c1cnc(Cl)nc1NCC1CCCCC1. The fraction of sp³-hybridized carbons (Fsp3) is 0.583. The first-order chi connectivity index (χ1) is 8.66. The van der Waals surface area contributed by atoms with Crippen LogP contribution >= 0.6 is 11.6 Å². The molecule has 1 heterocycles. The van der Waals surface area contributed by atoms with Gasteiger partial charge in [0.25, 0.3) is 5.91 Å². The maximum Gasteiger partial charge on any atom is 0.254 e. The summed E-state index contributed by atoms with van der Waals surface area (Å²) in [7, 11) is 0. The number of nitrogens with two attached hydrogens (primary N) is 1. The molecule has 6 heteroatoms. The lowest BCUT2D eigenvalue weighted by Crippen LogP contribution is -2.21. The number of nitrogens with zero attached hydrogens (tertiary/aromatic N) is 2. The molecule has 0 aromatic carbocycles. The van der Waals surface area contributed by atoms with Crippen LogP contribution in [0.3, 0.4) is 0 Å². The van der Waals surface area contributed by atoms with Gasteiger partial charge in [-0.15, -0.1) is 0 Å². The molecule has 18 heavy (non-hydrogen) atoms. The van der Waals surface area contributed by atoms with Gasteiger partial charge < -0.3 is 11.1 Å². The molecule has 1 saturated carbocycles. The molecule has 2 rings (SSSR count). The Balaban J connectivity index is 2.03. The normalized spacial score (nSPS) is 16.5. The van der Waals surface area contributed by atoms with E-state index in [1.165, 1.54) is 38.3 Å². The highest BCUT2D eigenvalue weighted by Gasteiger charge is 2.16. The van der Waals surface area contributed by atoms with Gasteiger partial charge in [0.15, 0.2) is 0 Å². The van der Waals surface area contributed by atoms with Gasteiger partial charge in [0.05, 0.1) is 5.56 Å². The van der Waals surface area contributed by atoms with Gasteiger partial charge in [-0.25, -0.2) is 4.98 Å². The molecular weight excluding hydrogens is 252 g/mol. The highest BCUT2D eigenvalue weighted by molar-refractivity contribution is 6.28. The van der Waals surface area contributed by atoms with Crippen LogP contribution in [0.5, 0.6) is 0 Å². The summed E-state index contributed by atoms with van der Waals surface area (Å²) in [4.78, 5) is 19.0. The minimum atomic E-state index is -0.544. The Morgan fingerprint density at radius 2 is 2.17 bits per heavy atom. The predicted molar refractivity (Wildman–Crippen MR) is 70.6 cm³/mol. The first-order valence-electron chi connectivity index (χ1n) is 6.23. The number of hydrogen-bond donors (Lipinski definition) is 2. The zero-order valence-electron chi connectivity index (χ0n) is 10.2. The first kappa shape index (κ1) is 13.1. The minimum Gasteiger partial charge on any atom is -0.369 e. The Morgan fingerprint density at radius 3 is 2.83 bits per heavy atom. The van der Waals surface area contributed by atoms with Crippen LogP contribution in [0, 0.1) is 5.92 Å². The molecular formula is C12H17ClN4O. The van der Waals surface area contributed by atoms with E-state index < -0.39 is 5.91 Å². The van der Waals surface area contributed by atoms with E-state index in [9.17, 15) is 4.79 Å². The van der Waals surface area contributed by atoms with E-state index in [-0.39, 0.29) is 10.8 Å². The first-order valence-corrected chi connectivity index (χ1v) is 6.61. The molecule has 0 radical (unpaired) electrons. The second kappa shape index (κ2) is 6.00. The molecule has 1 aliphatic carbocycles. The Kier molecular flexibility index (Phi) is 4.36. The van der Waals surface area contributed by atoms with Gasteiger partial charge in [-0.1, -0.05) is 19.3 Å². The van der Waals surface area contributed by atoms with Crippen LogP contribution in [-0.4, -0.2) is 22.4 Å². The van der Waals surface area contributed by atoms with Crippen LogP contribution in [0.25, 0.3) is 0 Å². The Bertz CT molecular complexity index is 432. The molecule has 0 saturated heterocycles. The van der Waals surface area contributed by atoms with E-state index in [4.69, 9.17) is 17.3 Å². The number of amides is 1. The number of primary amides is 1. The zero-order chi connectivity index (χ0) is 13.0. The lowest BCUT2D eigenvalue weighted by molar-refractivity contribution is 0.100. The molecule has 1 aromatic heterocycles. The Labute approximate surface area is 111 Å². The van der Waals surface area contributed by atoms with Crippen molar-refractivity contribution in [3.05, 3.63) is 17.0 Å². The highest BCUT2D eigenvalue weighted by atomic mass is 35.5. The number of nitrogens with one attached hydrogen (secondary N) is 1. The standard InChI is InChI=1S/C12H17ClN4O/c13-12-16-7-9(10(14)18)11(17-12)15-6-8-4-2-1-3-5-8/h7-8H,1-6H2,(H2,14,18)(H,15,16,17). The molecule has 3 N–H and O–H groups in total. The monoisotopic (exact) mass is 268 g/mol. The van der Waals surface area contributed by atoms with E-state index >= 15 is 0 Å². The fourth-order valence-electron chi connectivity index (χ4n) is 2.31. The van der Waals surface area contributed by atoms with E-state index in [0.29, 0.717) is 11.7 Å². The van der Waals surface area contributed by atoms with E-state index in [0.717, 1.165) is 6.54 Å². The molecule has 98 valence electrons. The smallest absolute Gasteiger partial charge is 0.254 e. The molecule has 1 amide bonds. The summed E-state index contributed by atoms with van der Waals surface area (Å²) in [6.07, 6.45) is 7.68. The number of rotatable bonds is 4. The summed E-state index contributed by atoms with van der Waals surface area (Å²) in [5, 5.41) is 3.29. The van der Waals surface area contributed by atoms with Gasteiger partial charge in [-0.3, -0.25) is 4.79 Å². The van der Waals surface area contributed by atoms with Crippen LogP contribution in [0.15, 0.2) is 6.20 Å². The molecule has 0 aliphatic heterocycles. The van der Waals surface area contributed by atoms with Gasteiger partial charge in [-0.2, -0.15) is 4.98 Å². The van der Waals surface area contributed by atoms with Gasteiger partial charge in [-0.05, 0) is 30.4 Å². The maximum absolute atomic E-state index is 11.2. The number of halogens is 1. The van der Waals surface area contributed by atoms with Crippen LogP contribution < -0.4 is 11.1 Å². The van der Waals surface area contributed by atoms with Crippen molar-refractivity contribution in [2.75, 3.05) is 11.9 Å². The maximum atomic E-state index is 11.2. The lowest BCUT2D eigenvalue weighted by atomic mass is 9.89. The second-order valence-corrected chi connectivity index (χ2v) is 4.99. The fourth-order valence-corrected chi connectivity index (χ4v) is 2.44. The largest absolute Gasteiger partial charge is 0.369 e. The van der Waals surface area contributed by atoms with E-state index in [1.807, 2.05) is 0 Å². The third-order valence-corrected chi connectivity index (χ3v) is 3.49. The summed E-state index contributed by atoms with van der Waals surface area (Å²) < 4.78 is 0. The highest BCUT2D eigenvalue weighted by Crippen LogP contribution is 2.24. The summed E-state index contributed by atoms with van der Waals surface area (Å²) >= 11 is 5.73. The van der Waals surface area contributed by atoms with E-state index in [1.54, 1.807) is 0 Å². The third kappa shape index (κ3) is 3.32. The zero-order valence-corrected chi connectivity index (χ0v) is 10.9. The lowest BCUT2D eigenvalue weighted by Gasteiger charge is -2.22. The minimum absolute atomic E-state index is 0.117. The average Bonchev–Trinajstić information content (AvgIpc) is 2.37. The van der Waals surface area contributed by atoms with Crippen LogP contribution in [0.4, 0.5) is 5.82 Å². The number of carbonyl (C=O) groups excluding carboxylic acids is 1. The van der Waals surface area contributed by atoms with E-state index in [2.05, 4.69) is 15.3 Å².